The van der Waals surface area contributed by atoms with Gasteiger partial charge in [-0.05, 0) is 18.3 Å². The van der Waals surface area contributed by atoms with Gasteiger partial charge in [0.05, 0.1) is 6.20 Å². The molecule has 1 heterocycles. The lowest BCUT2D eigenvalue weighted by atomic mass is 9.70. The minimum Gasteiger partial charge on any atom is -0.367 e. The Morgan fingerprint density at radius 2 is 2.20 bits per heavy atom. The molecule has 0 aromatic carbocycles. The summed E-state index contributed by atoms with van der Waals surface area (Å²) in [6.07, 6.45) is 4.57. The second-order valence-electron chi connectivity index (χ2n) is 4.50. The van der Waals surface area contributed by atoms with Gasteiger partial charge >= 0.3 is 0 Å². The van der Waals surface area contributed by atoms with E-state index in [0.29, 0.717) is 6.54 Å². The number of hydrogen-bond donors (Lipinski definition) is 1. The summed E-state index contributed by atoms with van der Waals surface area (Å²) >= 11 is 0. The number of aromatic nitrogens is 1. The second-order valence-corrected chi connectivity index (χ2v) is 4.50. The molecule has 1 aliphatic carbocycles. The van der Waals surface area contributed by atoms with Crippen molar-refractivity contribution in [2.24, 2.45) is 5.41 Å². The van der Waals surface area contributed by atoms with Crippen molar-refractivity contribution < 1.29 is 8.78 Å². The van der Waals surface area contributed by atoms with Crippen molar-refractivity contribution in [1.29, 1.82) is 0 Å². The Kier molecular flexibility index (Phi) is 2.59. The molecule has 0 amide bonds. The first-order chi connectivity index (χ1) is 7.09. The molecule has 1 aliphatic rings. The van der Waals surface area contributed by atoms with Crippen LogP contribution in [0.25, 0.3) is 0 Å². The van der Waals surface area contributed by atoms with E-state index in [4.69, 9.17) is 0 Å². The molecule has 1 saturated carbocycles. The molecular formula is C11H14F2N2. The number of halogens is 2. The molecule has 1 aromatic rings. The summed E-state index contributed by atoms with van der Waals surface area (Å²) in [6, 6.07) is 0.846. The van der Waals surface area contributed by atoms with E-state index in [2.05, 4.69) is 17.2 Å². The van der Waals surface area contributed by atoms with Crippen LogP contribution in [0.4, 0.5) is 14.6 Å². The fourth-order valence-corrected chi connectivity index (χ4v) is 1.80. The van der Waals surface area contributed by atoms with Crippen molar-refractivity contribution in [2.45, 2.75) is 26.2 Å². The number of nitrogens with one attached hydrogen (secondary N) is 1. The van der Waals surface area contributed by atoms with Gasteiger partial charge in [0.15, 0.2) is 11.6 Å². The van der Waals surface area contributed by atoms with Gasteiger partial charge in [0.2, 0.25) is 0 Å². The quantitative estimate of drug-likeness (QED) is 0.833. The highest BCUT2D eigenvalue weighted by molar-refractivity contribution is 5.36. The zero-order chi connectivity index (χ0) is 10.9. The zero-order valence-electron chi connectivity index (χ0n) is 8.69. The number of nitrogens with zero attached hydrogens (tertiary/aromatic N) is 1. The van der Waals surface area contributed by atoms with E-state index in [0.717, 1.165) is 25.1 Å². The molecule has 1 fully saturated rings. The Hall–Kier alpha value is -1.19. The molecule has 1 aromatic heterocycles. The molecule has 4 heteroatoms. The van der Waals surface area contributed by atoms with Crippen LogP contribution >= 0.6 is 0 Å². The molecule has 82 valence electrons. The maximum Gasteiger partial charge on any atom is 0.168 e. The summed E-state index contributed by atoms with van der Waals surface area (Å²) in [6.45, 7) is 2.85. The standard InChI is InChI=1S/C11H14F2N2/c1-11(3-2-4-11)7-15-10-9(13)5-8(12)6-14-10/h5-6H,2-4,7H2,1H3,(H,14,15). The highest BCUT2D eigenvalue weighted by Crippen LogP contribution is 2.40. The molecule has 15 heavy (non-hydrogen) atoms. The Morgan fingerprint density at radius 3 is 2.73 bits per heavy atom. The largest absolute Gasteiger partial charge is 0.367 e. The number of rotatable bonds is 3. The molecule has 0 aliphatic heterocycles. The Bertz CT molecular complexity index is 362. The van der Waals surface area contributed by atoms with Crippen molar-refractivity contribution in [3.8, 4) is 0 Å². The topological polar surface area (TPSA) is 24.9 Å². The van der Waals surface area contributed by atoms with E-state index >= 15 is 0 Å². The first-order valence-electron chi connectivity index (χ1n) is 5.14. The second kappa shape index (κ2) is 3.76. The molecule has 0 radical (unpaired) electrons. The van der Waals surface area contributed by atoms with Gasteiger partial charge in [0, 0.05) is 12.6 Å². The monoisotopic (exact) mass is 212 g/mol. The summed E-state index contributed by atoms with van der Waals surface area (Å²) in [4.78, 5) is 3.68. The summed E-state index contributed by atoms with van der Waals surface area (Å²) in [7, 11) is 0. The summed E-state index contributed by atoms with van der Waals surface area (Å²) < 4.78 is 25.8. The maximum atomic E-state index is 13.2. The van der Waals surface area contributed by atoms with Crippen molar-refractivity contribution in [3.05, 3.63) is 23.9 Å². The Balaban J connectivity index is 1.98. The molecule has 0 bridgehead atoms. The van der Waals surface area contributed by atoms with Crippen LogP contribution in [0.2, 0.25) is 0 Å². The third kappa shape index (κ3) is 2.25. The highest BCUT2D eigenvalue weighted by Gasteiger charge is 2.31. The van der Waals surface area contributed by atoms with Crippen molar-refractivity contribution in [2.75, 3.05) is 11.9 Å². The van der Waals surface area contributed by atoms with Gasteiger partial charge in [-0.3, -0.25) is 0 Å². The van der Waals surface area contributed by atoms with E-state index in [1.165, 1.54) is 6.42 Å². The summed E-state index contributed by atoms with van der Waals surface area (Å²) in [5.74, 6) is -1.13. The molecule has 1 N–H and O–H groups in total. The first-order valence-corrected chi connectivity index (χ1v) is 5.14. The molecule has 2 rings (SSSR count). The zero-order valence-corrected chi connectivity index (χ0v) is 8.69. The lowest BCUT2D eigenvalue weighted by Crippen LogP contribution is -2.33. The number of anilines is 1. The van der Waals surface area contributed by atoms with Crippen LogP contribution in [0.5, 0.6) is 0 Å². The Morgan fingerprint density at radius 1 is 1.47 bits per heavy atom. The minimum absolute atomic E-state index is 0.143. The van der Waals surface area contributed by atoms with Crippen LogP contribution < -0.4 is 5.32 Å². The predicted molar refractivity (Wildman–Crippen MR) is 54.6 cm³/mol. The molecule has 2 nitrogen and oxygen atoms in total. The number of hydrogen-bond acceptors (Lipinski definition) is 2. The molecular weight excluding hydrogens is 198 g/mol. The van der Waals surface area contributed by atoms with Gasteiger partial charge in [0.25, 0.3) is 0 Å². The van der Waals surface area contributed by atoms with Crippen LogP contribution in [-0.2, 0) is 0 Å². The highest BCUT2D eigenvalue weighted by atomic mass is 19.1. The van der Waals surface area contributed by atoms with Crippen molar-refractivity contribution in [1.82, 2.24) is 4.98 Å². The third-order valence-corrected chi connectivity index (χ3v) is 3.05. The smallest absolute Gasteiger partial charge is 0.168 e. The van der Waals surface area contributed by atoms with Gasteiger partial charge in [0.1, 0.15) is 5.82 Å². The van der Waals surface area contributed by atoms with Crippen LogP contribution in [0, 0.1) is 17.0 Å². The van der Waals surface area contributed by atoms with Gasteiger partial charge in [-0.15, -0.1) is 0 Å². The van der Waals surface area contributed by atoms with E-state index in [9.17, 15) is 8.78 Å². The minimum atomic E-state index is -0.645. The normalized spacial score (nSPS) is 18.3. The molecule has 0 unspecified atom stereocenters. The number of pyridine rings is 1. The fourth-order valence-electron chi connectivity index (χ4n) is 1.80. The molecule has 0 spiro atoms. The average molecular weight is 212 g/mol. The van der Waals surface area contributed by atoms with Crippen LogP contribution in [-0.4, -0.2) is 11.5 Å². The first kappa shape index (κ1) is 10.3. The van der Waals surface area contributed by atoms with Crippen LogP contribution in [0.15, 0.2) is 12.3 Å². The lowest BCUT2D eigenvalue weighted by Gasteiger charge is -2.38. The maximum absolute atomic E-state index is 13.2. The van der Waals surface area contributed by atoms with E-state index < -0.39 is 11.6 Å². The van der Waals surface area contributed by atoms with Crippen LogP contribution in [0.1, 0.15) is 26.2 Å². The summed E-state index contributed by atoms with van der Waals surface area (Å²) in [5.41, 5.74) is 0.252. The summed E-state index contributed by atoms with van der Waals surface area (Å²) in [5, 5.41) is 2.93. The van der Waals surface area contributed by atoms with E-state index in [1.54, 1.807) is 0 Å². The van der Waals surface area contributed by atoms with E-state index in [1.807, 2.05) is 0 Å². The SMILES string of the molecule is CC1(CNc2ncc(F)cc2F)CCC1. The van der Waals surface area contributed by atoms with Gasteiger partial charge in [-0.25, -0.2) is 13.8 Å². The fraction of sp³-hybridized carbons (Fsp3) is 0.545. The molecule has 0 atom stereocenters. The Labute approximate surface area is 87.7 Å². The van der Waals surface area contributed by atoms with Gasteiger partial charge in [-0.1, -0.05) is 13.3 Å². The predicted octanol–water partition coefficient (Wildman–Crippen LogP) is 2.96. The third-order valence-electron chi connectivity index (χ3n) is 3.05. The van der Waals surface area contributed by atoms with Gasteiger partial charge < -0.3 is 5.32 Å². The lowest BCUT2D eigenvalue weighted by molar-refractivity contribution is 0.179. The van der Waals surface area contributed by atoms with Crippen molar-refractivity contribution >= 4 is 5.82 Å². The average Bonchev–Trinajstić information content (AvgIpc) is 2.14. The van der Waals surface area contributed by atoms with Crippen molar-refractivity contribution in [3.63, 3.8) is 0 Å². The van der Waals surface area contributed by atoms with Crippen LogP contribution in [0.3, 0.4) is 0 Å². The van der Waals surface area contributed by atoms with E-state index in [-0.39, 0.29) is 11.2 Å². The molecule has 0 saturated heterocycles. The van der Waals surface area contributed by atoms with Gasteiger partial charge in [-0.2, -0.15) is 0 Å².